The number of carbonyl (C=O) groups excluding carboxylic acids is 1. The van der Waals surface area contributed by atoms with E-state index in [1.54, 1.807) is 24.1 Å². The van der Waals surface area contributed by atoms with Crippen LogP contribution >= 0.6 is 15.9 Å². The predicted octanol–water partition coefficient (Wildman–Crippen LogP) is 3.95. The minimum absolute atomic E-state index is 0.0331. The van der Waals surface area contributed by atoms with Crippen molar-refractivity contribution >= 4 is 21.8 Å². The number of benzene rings is 2. The number of rotatable bonds is 5. The summed E-state index contributed by atoms with van der Waals surface area (Å²) < 4.78 is 25.7. The molecule has 132 valence electrons. The van der Waals surface area contributed by atoms with Gasteiger partial charge in [-0.25, -0.2) is 4.39 Å². The van der Waals surface area contributed by atoms with E-state index < -0.39 is 0 Å². The van der Waals surface area contributed by atoms with E-state index >= 15 is 0 Å². The zero-order valence-corrected chi connectivity index (χ0v) is 15.5. The van der Waals surface area contributed by atoms with E-state index in [-0.39, 0.29) is 18.3 Å². The van der Waals surface area contributed by atoms with Crippen LogP contribution in [0.5, 0.6) is 11.5 Å². The van der Waals surface area contributed by atoms with Gasteiger partial charge in [0.2, 0.25) is 5.91 Å². The zero-order chi connectivity index (χ0) is 17.8. The lowest BCUT2D eigenvalue weighted by atomic mass is 10.1. The van der Waals surface area contributed by atoms with Gasteiger partial charge >= 0.3 is 0 Å². The molecule has 1 amide bonds. The Morgan fingerprint density at radius 3 is 2.72 bits per heavy atom. The van der Waals surface area contributed by atoms with Crippen molar-refractivity contribution in [3.63, 3.8) is 0 Å². The smallest absolute Gasteiger partial charge is 0.222 e. The van der Waals surface area contributed by atoms with Gasteiger partial charge in [-0.15, -0.1) is 0 Å². The van der Waals surface area contributed by atoms with Crippen LogP contribution in [0.3, 0.4) is 0 Å². The summed E-state index contributed by atoms with van der Waals surface area (Å²) >= 11 is 3.32. The molecule has 0 saturated carbocycles. The Balaban J connectivity index is 1.57. The van der Waals surface area contributed by atoms with Gasteiger partial charge in [-0.2, -0.15) is 0 Å². The summed E-state index contributed by atoms with van der Waals surface area (Å²) in [7, 11) is 1.69. The van der Waals surface area contributed by atoms with Crippen molar-refractivity contribution in [3.8, 4) is 11.5 Å². The molecule has 1 aliphatic heterocycles. The highest BCUT2D eigenvalue weighted by atomic mass is 79.9. The number of hydrogen-bond acceptors (Lipinski definition) is 3. The van der Waals surface area contributed by atoms with Gasteiger partial charge in [0.05, 0.1) is 0 Å². The molecular weight excluding hydrogens is 389 g/mol. The first-order valence-electron chi connectivity index (χ1n) is 8.09. The second-order valence-corrected chi connectivity index (χ2v) is 6.88. The van der Waals surface area contributed by atoms with Crippen LogP contribution in [0.25, 0.3) is 0 Å². The van der Waals surface area contributed by atoms with Crippen LogP contribution in [-0.2, 0) is 17.8 Å². The molecule has 1 heterocycles. The van der Waals surface area contributed by atoms with E-state index in [1.165, 1.54) is 6.07 Å². The number of amides is 1. The Labute approximate surface area is 154 Å². The monoisotopic (exact) mass is 407 g/mol. The molecule has 2 aromatic carbocycles. The summed E-state index contributed by atoms with van der Waals surface area (Å²) in [6.07, 6.45) is 0.951. The van der Waals surface area contributed by atoms with Gasteiger partial charge in [0.15, 0.2) is 11.5 Å². The Morgan fingerprint density at radius 2 is 1.92 bits per heavy atom. The molecular formula is C19H19BrFNO3. The third-order valence-corrected chi connectivity index (χ3v) is 4.57. The van der Waals surface area contributed by atoms with Gasteiger partial charge in [-0.05, 0) is 42.3 Å². The molecule has 0 N–H and O–H groups in total. The maximum atomic E-state index is 13.8. The number of aryl methyl sites for hydroxylation is 1. The summed E-state index contributed by atoms with van der Waals surface area (Å²) in [6.45, 7) is 1.34. The topological polar surface area (TPSA) is 38.8 Å². The Bertz CT molecular complexity index is 781. The fraction of sp³-hybridized carbons (Fsp3) is 0.316. The van der Waals surface area contributed by atoms with Gasteiger partial charge in [-0.1, -0.05) is 22.0 Å². The molecule has 25 heavy (non-hydrogen) atoms. The van der Waals surface area contributed by atoms with Crippen LogP contribution in [0.1, 0.15) is 17.5 Å². The number of hydrogen-bond donors (Lipinski definition) is 0. The number of fused-ring (bicyclic) bond motifs is 1. The number of nitrogens with zero attached hydrogens (tertiary/aromatic N) is 1. The van der Waals surface area contributed by atoms with Crippen molar-refractivity contribution in [2.24, 2.45) is 0 Å². The van der Waals surface area contributed by atoms with E-state index in [0.717, 1.165) is 21.5 Å². The Kier molecular flexibility index (Phi) is 5.58. The molecule has 0 radical (unpaired) electrons. The van der Waals surface area contributed by atoms with Crippen LogP contribution < -0.4 is 9.47 Å². The van der Waals surface area contributed by atoms with Crippen LogP contribution in [-0.4, -0.2) is 31.1 Å². The lowest BCUT2D eigenvalue weighted by molar-refractivity contribution is -0.130. The molecule has 0 bridgehead atoms. The fourth-order valence-electron chi connectivity index (χ4n) is 2.69. The number of halogens is 2. The van der Waals surface area contributed by atoms with Gasteiger partial charge in [0.1, 0.15) is 19.0 Å². The maximum Gasteiger partial charge on any atom is 0.222 e. The number of ether oxygens (including phenoxy) is 2. The summed E-state index contributed by atoms with van der Waals surface area (Å²) in [4.78, 5) is 13.9. The first kappa shape index (κ1) is 17.7. The average Bonchev–Trinajstić information content (AvgIpc) is 2.62. The third-order valence-electron chi connectivity index (χ3n) is 4.08. The maximum absolute atomic E-state index is 13.8. The second-order valence-electron chi connectivity index (χ2n) is 5.96. The van der Waals surface area contributed by atoms with Crippen molar-refractivity contribution in [2.45, 2.75) is 19.4 Å². The van der Waals surface area contributed by atoms with Gasteiger partial charge in [-0.3, -0.25) is 4.79 Å². The largest absolute Gasteiger partial charge is 0.486 e. The van der Waals surface area contributed by atoms with Crippen LogP contribution in [0.4, 0.5) is 4.39 Å². The van der Waals surface area contributed by atoms with E-state index in [0.29, 0.717) is 31.6 Å². The fourth-order valence-corrected chi connectivity index (χ4v) is 3.10. The average molecular weight is 408 g/mol. The molecule has 0 saturated heterocycles. The molecule has 6 heteroatoms. The molecule has 1 aliphatic rings. The van der Waals surface area contributed by atoms with Crippen molar-refractivity contribution in [2.75, 3.05) is 20.3 Å². The Hall–Kier alpha value is -2.08. The number of carbonyl (C=O) groups is 1. The molecule has 2 aromatic rings. The third kappa shape index (κ3) is 4.51. The van der Waals surface area contributed by atoms with E-state index in [9.17, 15) is 9.18 Å². The van der Waals surface area contributed by atoms with Crippen molar-refractivity contribution in [1.82, 2.24) is 4.90 Å². The molecule has 0 aromatic heterocycles. The van der Waals surface area contributed by atoms with Crippen LogP contribution in [0, 0.1) is 5.82 Å². The van der Waals surface area contributed by atoms with E-state index in [4.69, 9.17) is 9.47 Å². The molecule has 4 nitrogen and oxygen atoms in total. The van der Waals surface area contributed by atoms with Crippen molar-refractivity contribution < 1.29 is 18.7 Å². The molecule has 0 fully saturated rings. The van der Waals surface area contributed by atoms with Crippen molar-refractivity contribution in [1.29, 1.82) is 0 Å². The highest BCUT2D eigenvalue weighted by Gasteiger charge is 2.15. The molecule has 3 rings (SSSR count). The van der Waals surface area contributed by atoms with Gasteiger partial charge in [0, 0.05) is 30.0 Å². The van der Waals surface area contributed by atoms with Crippen LogP contribution in [0.2, 0.25) is 0 Å². The first-order chi connectivity index (χ1) is 12.0. The molecule has 0 unspecified atom stereocenters. The van der Waals surface area contributed by atoms with E-state index in [2.05, 4.69) is 15.9 Å². The summed E-state index contributed by atoms with van der Waals surface area (Å²) in [5.74, 6) is 1.12. The zero-order valence-electron chi connectivity index (χ0n) is 13.9. The summed E-state index contributed by atoms with van der Waals surface area (Å²) in [5, 5.41) is 0. The lowest BCUT2D eigenvalue weighted by Crippen LogP contribution is -2.26. The predicted molar refractivity (Wildman–Crippen MR) is 96.3 cm³/mol. The molecule has 0 aliphatic carbocycles. The second kappa shape index (κ2) is 7.87. The van der Waals surface area contributed by atoms with Crippen molar-refractivity contribution in [3.05, 3.63) is 57.8 Å². The van der Waals surface area contributed by atoms with Gasteiger partial charge < -0.3 is 14.4 Å². The summed E-state index contributed by atoms with van der Waals surface area (Å²) in [6, 6.07) is 10.5. The van der Waals surface area contributed by atoms with E-state index in [1.807, 2.05) is 18.2 Å². The normalized spacial score (nSPS) is 12.8. The SMILES string of the molecule is CN(Cc1cc(Br)ccc1F)C(=O)CCc1ccc2c(c1)OCCO2. The lowest BCUT2D eigenvalue weighted by Gasteiger charge is -2.20. The molecule has 0 spiro atoms. The highest BCUT2D eigenvalue weighted by Crippen LogP contribution is 2.31. The van der Waals surface area contributed by atoms with Gasteiger partial charge in [0.25, 0.3) is 0 Å². The first-order valence-corrected chi connectivity index (χ1v) is 8.88. The molecule has 0 atom stereocenters. The Morgan fingerprint density at radius 1 is 1.16 bits per heavy atom. The minimum Gasteiger partial charge on any atom is -0.486 e. The van der Waals surface area contributed by atoms with Crippen LogP contribution in [0.15, 0.2) is 40.9 Å². The highest BCUT2D eigenvalue weighted by molar-refractivity contribution is 9.10. The summed E-state index contributed by atoms with van der Waals surface area (Å²) in [5.41, 5.74) is 1.50. The minimum atomic E-state index is -0.310. The quantitative estimate of drug-likeness (QED) is 0.752. The standard InChI is InChI=1S/C19H19BrFNO3/c1-22(12-14-11-15(20)4-5-16(14)21)19(23)7-3-13-2-6-17-18(10-13)25-9-8-24-17/h2,4-6,10-11H,3,7-9,12H2,1H3.